The topological polar surface area (TPSA) is 46.9 Å². The minimum atomic E-state index is -0.185. The highest BCUT2D eigenvalue weighted by molar-refractivity contribution is 7.98. The van der Waals surface area contributed by atoms with Crippen LogP contribution in [0.25, 0.3) is 0 Å². The lowest BCUT2D eigenvalue weighted by molar-refractivity contribution is 0.102. The normalized spacial score (nSPS) is 10.6. The van der Waals surface area contributed by atoms with Crippen molar-refractivity contribution in [3.05, 3.63) is 77.6 Å². The van der Waals surface area contributed by atoms with Crippen LogP contribution >= 0.6 is 11.8 Å². The molecular formula is C20H21N3OS. The first-order chi connectivity index (χ1) is 12.2. The Morgan fingerprint density at radius 1 is 1.12 bits per heavy atom. The first-order valence-electron chi connectivity index (χ1n) is 8.28. The average Bonchev–Trinajstić information content (AvgIpc) is 3.12. The van der Waals surface area contributed by atoms with Crippen molar-refractivity contribution < 1.29 is 4.79 Å². The summed E-state index contributed by atoms with van der Waals surface area (Å²) < 4.78 is 1.74. The molecule has 0 saturated carbocycles. The van der Waals surface area contributed by atoms with Gasteiger partial charge in [0, 0.05) is 23.4 Å². The van der Waals surface area contributed by atoms with Crippen molar-refractivity contribution in [1.82, 2.24) is 9.78 Å². The lowest BCUT2D eigenvalue weighted by Crippen LogP contribution is -2.13. The Kier molecular flexibility index (Phi) is 5.56. The van der Waals surface area contributed by atoms with Gasteiger partial charge in [-0.1, -0.05) is 42.0 Å². The summed E-state index contributed by atoms with van der Waals surface area (Å²) in [4.78, 5) is 13.5. The van der Waals surface area contributed by atoms with E-state index in [4.69, 9.17) is 0 Å². The summed E-state index contributed by atoms with van der Waals surface area (Å²) in [5.41, 5.74) is 3.77. The van der Waals surface area contributed by atoms with E-state index in [2.05, 4.69) is 41.6 Å². The molecule has 0 aliphatic carbocycles. The number of rotatable bonds is 6. The van der Waals surface area contributed by atoms with Crippen molar-refractivity contribution in [3.63, 3.8) is 0 Å². The number of carbonyl (C=O) groups is 1. The molecule has 3 aromatic rings. The minimum absolute atomic E-state index is 0.185. The molecule has 0 spiro atoms. The van der Waals surface area contributed by atoms with Crippen molar-refractivity contribution in [1.29, 1.82) is 0 Å². The van der Waals surface area contributed by atoms with Crippen molar-refractivity contribution in [2.75, 3.05) is 5.32 Å². The molecule has 1 N–H and O–H groups in total. The summed E-state index contributed by atoms with van der Waals surface area (Å²) in [6.45, 7) is 4.82. The Morgan fingerprint density at radius 3 is 2.60 bits per heavy atom. The number of aromatic nitrogens is 2. The maximum Gasteiger partial charge on any atom is 0.276 e. The number of amides is 1. The monoisotopic (exact) mass is 351 g/mol. The number of anilines is 1. The van der Waals surface area contributed by atoms with Crippen molar-refractivity contribution in [2.45, 2.75) is 31.0 Å². The van der Waals surface area contributed by atoms with Crippen molar-refractivity contribution in [3.8, 4) is 0 Å². The Labute approximate surface area is 152 Å². The molecule has 3 rings (SSSR count). The highest BCUT2D eigenvalue weighted by atomic mass is 32.2. The largest absolute Gasteiger partial charge is 0.320 e. The number of hydrogen-bond donors (Lipinski definition) is 1. The zero-order valence-corrected chi connectivity index (χ0v) is 15.2. The van der Waals surface area contributed by atoms with E-state index in [1.165, 1.54) is 11.1 Å². The smallest absolute Gasteiger partial charge is 0.276 e. The van der Waals surface area contributed by atoms with E-state index in [1.807, 2.05) is 37.4 Å². The quantitative estimate of drug-likeness (QED) is 0.652. The first kappa shape index (κ1) is 17.3. The summed E-state index contributed by atoms with van der Waals surface area (Å²) in [6.07, 6.45) is 1.81. The summed E-state index contributed by atoms with van der Waals surface area (Å²) in [5, 5.41) is 7.23. The summed E-state index contributed by atoms with van der Waals surface area (Å²) in [6, 6.07) is 18.1. The van der Waals surface area contributed by atoms with Gasteiger partial charge >= 0.3 is 0 Å². The van der Waals surface area contributed by atoms with E-state index in [1.54, 1.807) is 22.5 Å². The van der Waals surface area contributed by atoms with Crippen LogP contribution < -0.4 is 5.32 Å². The van der Waals surface area contributed by atoms with E-state index in [0.717, 1.165) is 22.9 Å². The third kappa shape index (κ3) is 4.51. The van der Waals surface area contributed by atoms with Crippen molar-refractivity contribution in [2.24, 2.45) is 0 Å². The van der Waals surface area contributed by atoms with Crippen LogP contribution in [-0.4, -0.2) is 15.7 Å². The van der Waals surface area contributed by atoms with Gasteiger partial charge in [0.25, 0.3) is 5.91 Å². The van der Waals surface area contributed by atoms with Gasteiger partial charge in [0.1, 0.15) is 0 Å². The predicted octanol–water partition coefficient (Wildman–Crippen LogP) is 4.76. The lowest BCUT2D eigenvalue weighted by Gasteiger charge is -2.10. The van der Waals surface area contributed by atoms with E-state index in [0.29, 0.717) is 5.69 Å². The molecule has 0 radical (unpaired) electrons. The summed E-state index contributed by atoms with van der Waals surface area (Å²) >= 11 is 1.71. The number of hydrogen-bond acceptors (Lipinski definition) is 3. The zero-order chi connectivity index (χ0) is 17.6. The molecule has 128 valence electrons. The second-order valence-corrected chi connectivity index (χ2v) is 6.80. The molecule has 5 heteroatoms. The molecule has 4 nitrogen and oxygen atoms in total. The van der Waals surface area contributed by atoms with Gasteiger partial charge in [0.2, 0.25) is 0 Å². The van der Waals surface area contributed by atoms with E-state index < -0.39 is 0 Å². The fourth-order valence-corrected chi connectivity index (χ4v) is 3.35. The number of benzene rings is 2. The van der Waals surface area contributed by atoms with E-state index in [-0.39, 0.29) is 5.91 Å². The fraction of sp³-hybridized carbons (Fsp3) is 0.200. The van der Waals surface area contributed by atoms with Gasteiger partial charge in [-0.2, -0.15) is 5.10 Å². The highest BCUT2D eigenvalue weighted by Crippen LogP contribution is 2.30. The Bertz CT molecular complexity index is 855. The molecule has 0 fully saturated rings. The standard InChI is InChI=1S/C20H21N3OS/c1-3-23-13-12-18(22-23)20(24)21-17-6-4-5-7-19(17)25-14-16-10-8-15(2)9-11-16/h4-13H,3,14H2,1-2H3,(H,21,24). The van der Waals surface area contributed by atoms with Crippen LogP contribution in [0.15, 0.2) is 65.7 Å². The molecule has 1 heterocycles. The fourth-order valence-electron chi connectivity index (χ4n) is 2.39. The van der Waals surface area contributed by atoms with Crippen LogP contribution in [0.5, 0.6) is 0 Å². The lowest BCUT2D eigenvalue weighted by atomic mass is 10.2. The van der Waals surface area contributed by atoms with Crippen LogP contribution in [0.4, 0.5) is 5.69 Å². The molecule has 0 aliphatic heterocycles. The van der Waals surface area contributed by atoms with Gasteiger partial charge < -0.3 is 5.32 Å². The number of carbonyl (C=O) groups excluding carboxylic acids is 1. The second-order valence-electron chi connectivity index (χ2n) is 5.78. The molecule has 0 saturated heterocycles. The maximum atomic E-state index is 12.4. The summed E-state index contributed by atoms with van der Waals surface area (Å²) in [7, 11) is 0. The van der Waals surface area contributed by atoms with Gasteiger partial charge in [-0.05, 0) is 37.6 Å². The molecule has 0 atom stereocenters. The third-order valence-corrected chi connectivity index (χ3v) is 4.99. The molecule has 25 heavy (non-hydrogen) atoms. The minimum Gasteiger partial charge on any atom is -0.320 e. The highest BCUT2D eigenvalue weighted by Gasteiger charge is 2.12. The van der Waals surface area contributed by atoms with Crippen LogP contribution in [0.2, 0.25) is 0 Å². The first-order valence-corrected chi connectivity index (χ1v) is 9.26. The Morgan fingerprint density at radius 2 is 1.88 bits per heavy atom. The molecule has 2 aromatic carbocycles. The molecular weight excluding hydrogens is 330 g/mol. The van der Waals surface area contributed by atoms with Crippen LogP contribution in [0.1, 0.15) is 28.5 Å². The van der Waals surface area contributed by atoms with Gasteiger partial charge in [-0.25, -0.2) is 0 Å². The second kappa shape index (κ2) is 8.03. The van der Waals surface area contributed by atoms with E-state index >= 15 is 0 Å². The maximum absolute atomic E-state index is 12.4. The van der Waals surface area contributed by atoms with Crippen LogP contribution in [0.3, 0.4) is 0 Å². The van der Waals surface area contributed by atoms with Crippen LogP contribution in [0, 0.1) is 6.92 Å². The van der Waals surface area contributed by atoms with Crippen LogP contribution in [-0.2, 0) is 12.3 Å². The Balaban J connectivity index is 1.69. The van der Waals surface area contributed by atoms with Gasteiger partial charge in [0.05, 0.1) is 5.69 Å². The number of nitrogens with one attached hydrogen (secondary N) is 1. The van der Waals surface area contributed by atoms with Gasteiger partial charge in [0.15, 0.2) is 5.69 Å². The van der Waals surface area contributed by atoms with Crippen molar-refractivity contribution >= 4 is 23.4 Å². The molecule has 0 unspecified atom stereocenters. The molecule has 0 bridgehead atoms. The van der Waals surface area contributed by atoms with Gasteiger partial charge in [-0.3, -0.25) is 9.48 Å². The summed E-state index contributed by atoms with van der Waals surface area (Å²) in [5.74, 6) is 0.674. The molecule has 0 aliphatic rings. The molecule has 1 aromatic heterocycles. The number of para-hydroxylation sites is 1. The average molecular weight is 351 g/mol. The number of thioether (sulfide) groups is 1. The molecule has 1 amide bonds. The predicted molar refractivity (Wildman–Crippen MR) is 103 cm³/mol. The number of aryl methyl sites for hydroxylation is 2. The number of nitrogens with zero attached hydrogens (tertiary/aromatic N) is 2. The van der Waals surface area contributed by atoms with E-state index in [9.17, 15) is 4.79 Å². The Hall–Kier alpha value is -2.53. The zero-order valence-electron chi connectivity index (χ0n) is 14.4. The SMILES string of the molecule is CCn1ccc(C(=O)Nc2ccccc2SCc2ccc(C)cc2)n1. The van der Waals surface area contributed by atoms with Gasteiger partial charge in [-0.15, -0.1) is 11.8 Å². The third-order valence-electron chi connectivity index (χ3n) is 3.85.